The van der Waals surface area contributed by atoms with Gasteiger partial charge in [-0.05, 0) is 55.2 Å². The highest BCUT2D eigenvalue weighted by Gasteiger charge is 2.39. The molecule has 1 aliphatic heterocycles. The zero-order valence-corrected chi connectivity index (χ0v) is 16.1. The fourth-order valence-electron chi connectivity index (χ4n) is 5.24. The van der Waals surface area contributed by atoms with E-state index in [0.717, 1.165) is 51.0 Å². The minimum atomic E-state index is 0.243. The van der Waals surface area contributed by atoms with Crippen LogP contribution in [0.4, 0.5) is 0 Å². The topological polar surface area (TPSA) is 35.6 Å². The highest BCUT2D eigenvalue weighted by Crippen LogP contribution is 2.49. The SMILES string of the molecule is CN1CCN(Cc2cccc(CNC(=O)CC3CC4CCC3C4)c2)CC1. The lowest BCUT2D eigenvalue weighted by molar-refractivity contribution is -0.122. The summed E-state index contributed by atoms with van der Waals surface area (Å²) in [4.78, 5) is 17.3. The number of fused-ring (bicyclic) bond motifs is 2. The maximum atomic E-state index is 12.4. The highest BCUT2D eigenvalue weighted by molar-refractivity contribution is 5.76. The molecule has 0 spiro atoms. The van der Waals surface area contributed by atoms with Gasteiger partial charge in [0.15, 0.2) is 0 Å². The third kappa shape index (κ3) is 4.47. The van der Waals surface area contributed by atoms with Crippen LogP contribution in [0, 0.1) is 17.8 Å². The van der Waals surface area contributed by atoms with Crippen molar-refractivity contribution in [1.29, 1.82) is 0 Å². The Morgan fingerprint density at radius 2 is 1.92 bits per heavy atom. The van der Waals surface area contributed by atoms with Crippen LogP contribution in [0.1, 0.15) is 43.2 Å². The van der Waals surface area contributed by atoms with Gasteiger partial charge in [0.25, 0.3) is 0 Å². The number of likely N-dealkylation sites (N-methyl/N-ethyl adjacent to an activating group) is 1. The molecule has 1 aromatic rings. The smallest absolute Gasteiger partial charge is 0.220 e. The summed E-state index contributed by atoms with van der Waals surface area (Å²) in [5, 5.41) is 3.16. The van der Waals surface area contributed by atoms with Gasteiger partial charge >= 0.3 is 0 Å². The summed E-state index contributed by atoms with van der Waals surface area (Å²) < 4.78 is 0. The molecule has 3 aliphatic rings. The Morgan fingerprint density at radius 1 is 1.12 bits per heavy atom. The largest absolute Gasteiger partial charge is 0.352 e. The van der Waals surface area contributed by atoms with Crippen LogP contribution in [0.3, 0.4) is 0 Å². The first-order chi connectivity index (χ1) is 12.7. The molecule has 4 rings (SSSR count). The Bertz CT molecular complexity index is 624. The number of nitrogens with zero attached hydrogens (tertiary/aromatic N) is 2. The van der Waals surface area contributed by atoms with Gasteiger partial charge in [-0.2, -0.15) is 0 Å². The number of benzene rings is 1. The molecule has 4 nitrogen and oxygen atoms in total. The molecule has 3 atom stereocenters. The Labute approximate surface area is 157 Å². The number of hydrogen-bond donors (Lipinski definition) is 1. The molecule has 2 saturated carbocycles. The molecular weight excluding hydrogens is 322 g/mol. The van der Waals surface area contributed by atoms with Crippen LogP contribution in [0.15, 0.2) is 24.3 Å². The van der Waals surface area contributed by atoms with Crippen LogP contribution in [0.2, 0.25) is 0 Å². The Balaban J connectivity index is 1.24. The van der Waals surface area contributed by atoms with Gasteiger partial charge in [-0.3, -0.25) is 9.69 Å². The minimum Gasteiger partial charge on any atom is -0.352 e. The maximum absolute atomic E-state index is 12.4. The van der Waals surface area contributed by atoms with E-state index in [1.807, 2.05) is 0 Å². The molecule has 26 heavy (non-hydrogen) atoms. The molecule has 4 heteroatoms. The van der Waals surface area contributed by atoms with E-state index in [1.165, 1.54) is 36.8 Å². The molecular formula is C22H33N3O. The van der Waals surface area contributed by atoms with E-state index >= 15 is 0 Å². The number of carbonyl (C=O) groups is 1. The van der Waals surface area contributed by atoms with E-state index in [9.17, 15) is 4.79 Å². The van der Waals surface area contributed by atoms with Gasteiger partial charge in [-0.15, -0.1) is 0 Å². The average Bonchev–Trinajstić information content (AvgIpc) is 3.25. The van der Waals surface area contributed by atoms with Gasteiger partial charge in [0.05, 0.1) is 0 Å². The molecule has 1 N–H and O–H groups in total. The molecule has 2 aliphatic carbocycles. The van der Waals surface area contributed by atoms with Crippen molar-refractivity contribution in [2.24, 2.45) is 17.8 Å². The van der Waals surface area contributed by atoms with E-state index < -0.39 is 0 Å². The Kier molecular flexibility index (Phi) is 5.60. The first kappa shape index (κ1) is 18.0. The van der Waals surface area contributed by atoms with Crippen molar-refractivity contribution in [3.63, 3.8) is 0 Å². The minimum absolute atomic E-state index is 0.243. The second-order valence-corrected chi connectivity index (χ2v) is 8.82. The first-order valence-corrected chi connectivity index (χ1v) is 10.4. The predicted octanol–water partition coefficient (Wildman–Crippen LogP) is 2.88. The third-order valence-electron chi connectivity index (χ3n) is 6.82. The van der Waals surface area contributed by atoms with Gasteiger partial charge in [0, 0.05) is 45.7 Å². The van der Waals surface area contributed by atoms with Crippen LogP contribution >= 0.6 is 0 Å². The van der Waals surface area contributed by atoms with Crippen LogP contribution in [-0.2, 0) is 17.9 Å². The molecule has 3 fully saturated rings. The van der Waals surface area contributed by atoms with Gasteiger partial charge in [-0.1, -0.05) is 30.7 Å². The molecule has 1 amide bonds. The van der Waals surface area contributed by atoms with Gasteiger partial charge < -0.3 is 10.2 Å². The van der Waals surface area contributed by atoms with E-state index in [2.05, 4.69) is 46.4 Å². The van der Waals surface area contributed by atoms with Crippen LogP contribution in [0.25, 0.3) is 0 Å². The molecule has 1 aromatic carbocycles. The van der Waals surface area contributed by atoms with Crippen molar-refractivity contribution in [2.45, 2.75) is 45.2 Å². The van der Waals surface area contributed by atoms with E-state index in [1.54, 1.807) is 0 Å². The molecule has 3 unspecified atom stereocenters. The fourth-order valence-corrected chi connectivity index (χ4v) is 5.24. The lowest BCUT2D eigenvalue weighted by Crippen LogP contribution is -2.43. The second-order valence-electron chi connectivity index (χ2n) is 8.82. The quantitative estimate of drug-likeness (QED) is 0.852. The van der Waals surface area contributed by atoms with E-state index in [4.69, 9.17) is 0 Å². The normalized spacial score (nSPS) is 29.2. The van der Waals surface area contributed by atoms with E-state index in [-0.39, 0.29) is 5.91 Å². The molecule has 142 valence electrons. The van der Waals surface area contributed by atoms with Gasteiger partial charge in [0.1, 0.15) is 0 Å². The fraction of sp³-hybridized carbons (Fsp3) is 0.682. The number of hydrogen-bond acceptors (Lipinski definition) is 3. The van der Waals surface area contributed by atoms with Crippen LogP contribution < -0.4 is 5.32 Å². The van der Waals surface area contributed by atoms with Crippen molar-refractivity contribution >= 4 is 5.91 Å². The average molecular weight is 356 g/mol. The molecule has 0 radical (unpaired) electrons. The van der Waals surface area contributed by atoms with Gasteiger partial charge in [0.2, 0.25) is 5.91 Å². The monoisotopic (exact) mass is 355 g/mol. The number of carbonyl (C=O) groups excluding carboxylic acids is 1. The predicted molar refractivity (Wildman–Crippen MR) is 105 cm³/mol. The van der Waals surface area contributed by atoms with Crippen molar-refractivity contribution in [3.05, 3.63) is 35.4 Å². The molecule has 0 aromatic heterocycles. The zero-order valence-electron chi connectivity index (χ0n) is 16.1. The highest BCUT2D eigenvalue weighted by atomic mass is 16.1. The van der Waals surface area contributed by atoms with Crippen LogP contribution in [-0.4, -0.2) is 48.9 Å². The van der Waals surface area contributed by atoms with E-state index in [0.29, 0.717) is 12.5 Å². The first-order valence-electron chi connectivity index (χ1n) is 10.4. The summed E-state index contributed by atoms with van der Waals surface area (Å²) in [5.74, 6) is 2.64. The Hall–Kier alpha value is -1.39. The Morgan fingerprint density at radius 3 is 2.65 bits per heavy atom. The molecule has 2 bridgehead atoms. The second kappa shape index (κ2) is 8.10. The summed E-state index contributed by atoms with van der Waals surface area (Å²) in [6.07, 6.45) is 6.17. The van der Waals surface area contributed by atoms with Gasteiger partial charge in [-0.25, -0.2) is 0 Å². The van der Waals surface area contributed by atoms with Crippen LogP contribution in [0.5, 0.6) is 0 Å². The zero-order chi connectivity index (χ0) is 17.9. The number of rotatable bonds is 6. The lowest BCUT2D eigenvalue weighted by Gasteiger charge is -2.32. The molecule has 1 heterocycles. The number of amides is 1. The third-order valence-corrected chi connectivity index (χ3v) is 6.82. The lowest BCUT2D eigenvalue weighted by atomic mass is 9.86. The maximum Gasteiger partial charge on any atom is 0.220 e. The summed E-state index contributed by atoms with van der Waals surface area (Å²) >= 11 is 0. The van der Waals surface area contributed by atoms with Crippen molar-refractivity contribution in [2.75, 3.05) is 33.2 Å². The summed E-state index contributed by atoms with van der Waals surface area (Å²) in [6.45, 7) is 6.26. The summed E-state index contributed by atoms with van der Waals surface area (Å²) in [5.41, 5.74) is 2.58. The van der Waals surface area contributed by atoms with Crippen molar-refractivity contribution in [1.82, 2.24) is 15.1 Å². The standard InChI is InChI=1S/C22H33N3O/c1-24-7-9-25(10-8-24)16-19-4-2-3-18(11-19)15-23-22(26)14-21-13-17-5-6-20(21)12-17/h2-4,11,17,20-21H,5-10,12-16H2,1H3,(H,23,26). The summed E-state index contributed by atoms with van der Waals surface area (Å²) in [6, 6.07) is 8.73. The number of nitrogens with one attached hydrogen (secondary N) is 1. The van der Waals surface area contributed by atoms with Crippen molar-refractivity contribution < 1.29 is 4.79 Å². The van der Waals surface area contributed by atoms with Crippen molar-refractivity contribution in [3.8, 4) is 0 Å². The summed E-state index contributed by atoms with van der Waals surface area (Å²) in [7, 11) is 2.19. The molecule has 1 saturated heterocycles. The number of piperazine rings is 1.